The van der Waals surface area contributed by atoms with Gasteiger partial charge in [-0.05, 0) is 45.7 Å². The van der Waals surface area contributed by atoms with E-state index in [0.29, 0.717) is 25.1 Å². The van der Waals surface area contributed by atoms with Gasteiger partial charge in [0, 0.05) is 39.1 Å². The predicted octanol–water partition coefficient (Wildman–Crippen LogP) is 2.39. The Balaban J connectivity index is 1.71. The highest BCUT2D eigenvalue weighted by atomic mass is 16.6. The van der Waals surface area contributed by atoms with Gasteiger partial charge in [0.25, 0.3) is 0 Å². The summed E-state index contributed by atoms with van der Waals surface area (Å²) in [5.41, 5.74) is -0.471. The summed E-state index contributed by atoms with van der Waals surface area (Å²) in [5, 5.41) is 6.48. The van der Waals surface area contributed by atoms with Gasteiger partial charge in [-0.2, -0.15) is 0 Å². The molecule has 25 heavy (non-hydrogen) atoms. The molecule has 0 bridgehead atoms. The number of nitrogens with one attached hydrogen (secondary N) is 2. The molecule has 0 radical (unpaired) electrons. The van der Waals surface area contributed by atoms with Crippen molar-refractivity contribution < 1.29 is 13.9 Å². The smallest absolute Gasteiger partial charge is 0.410 e. The molecule has 0 aliphatic heterocycles. The zero-order chi connectivity index (χ0) is 18.3. The van der Waals surface area contributed by atoms with Gasteiger partial charge in [0.15, 0.2) is 5.96 Å². The van der Waals surface area contributed by atoms with E-state index < -0.39 is 5.60 Å². The van der Waals surface area contributed by atoms with E-state index in [9.17, 15) is 4.79 Å². The summed E-state index contributed by atoms with van der Waals surface area (Å²) in [6.45, 7) is 7.61. The van der Waals surface area contributed by atoms with Crippen molar-refractivity contribution >= 4 is 12.1 Å². The van der Waals surface area contributed by atoms with Crippen molar-refractivity contribution in [2.45, 2.75) is 51.7 Å². The van der Waals surface area contributed by atoms with E-state index in [0.717, 1.165) is 31.6 Å². The third-order valence-electron chi connectivity index (χ3n) is 3.73. The topological polar surface area (TPSA) is 79.1 Å². The van der Waals surface area contributed by atoms with E-state index in [1.54, 1.807) is 13.3 Å². The molecule has 2 N–H and O–H groups in total. The summed E-state index contributed by atoms with van der Waals surface area (Å²) in [5.74, 6) is 1.65. The summed E-state index contributed by atoms with van der Waals surface area (Å²) in [6.07, 6.45) is 4.33. The molecule has 140 valence electrons. The molecule has 0 unspecified atom stereocenters. The lowest BCUT2D eigenvalue weighted by atomic mass is 10.2. The van der Waals surface area contributed by atoms with Crippen molar-refractivity contribution in [3.8, 4) is 0 Å². The second kappa shape index (κ2) is 8.78. The van der Waals surface area contributed by atoms with Crippen LogP contribution in [0.15, 0.2) is 27.8 Å². The van der Waals surface area contributed by atoms with Crippen LogP contribution in [0, 0.1) is 0 Å². The van der Waals surface area contributed by atoms with Crippen LogP contribution in [0.4, 0.5) is 4.79 Å². The number of hydrogen-bond acceptors (Lipinski definition) is 4. The van der Waals surface area contributed by atoms with Crippen molar-refractivity contribution in [1.29, 1.82) is 0 Å². The fraction of sp³-hybridized carbons (Fsp3) is 0.667. The minimum absolute atomic E-state index is 0.238. The van der Waals surface area contributed by atoms with Gasteiger partial charge in [0.2, 0.25) is 0 Å². The molecule has 0 spiro atoms. The highest BCUT2D eigenvalue weighted by molar-refractivity contribution is 5.79. The first-order chi connectivity index (χ1) is 11.9. The second-order valence-electron chi connectivity index (χ2n) is 7.16. The van der Waals surface area contributed by atoms with Gasteiger partial charge in [0.1, 0.15) is 11.4 Å². The van der Waals surface area contributed by atoms with E-state index in [-0.39, 0.29) is 6.09 Å². The maximum atomic E-state index is 12.3. The maximum absolute atomic E-state index is 12.3. The molecule has 0 aromatic carbocycles. The molecule has 1 aliphatic rings. The number of guanidine groups is 1. The van der Waals surface area contributed by atoms with Crippen molar-refractivity contribution in [3.05, 3.63) is 24.2 Å². The van der Waals surface area contributed by atoms with E-state index in [2.05, 4.69) is 15.6 Å². The Labute approximate surface area is 149 Å². The van der Waals surface area contributed by atoms with Crippen LogP contribution in [0.3, 0.4) is 0 Å². The lowest BCUT2D eigenvalue weighted by Crippen LogP contribution is -2.45. The van der Waals surface area contributed by atoms with Crippen LogP contribution >= 0.6 is 0 Å². The normalized spacial score (nSPS) is 15.0. The summed E-state index contributed by atoms with van der Waals surface area (Å²) >= 11 is 0. The Kier molecular flexibility index (Phi) is 6.73. The van der Waals surface area contributed by atoms with Gasteiger partial charge in [-0.15, -0.1) is 0 Å². The van der Waals surface area contributed by atoms with E-state index >= 15 is 0 Å². The molecule has 1 aromatic heterocycles. The average molecular weight is 350 g/mol. The molecule has 1 fully saturated rings. The van der Waals surface area contributed by atoms with E-state index in [4.69, 9.17) is 9.15 Å². The number of furan rings is 1. The molecule has 2 rings (SSSR count). The fourth-order valence-corrected chi connectivity index (χ4v) is 2.40. The van der Waals surface area contributed by atoms with Gasteiger partial charge in [-0.3, -0.25) is 4.99 Å². The van der Waals surface area contributed by atoms with Crippen LogP contribution in [-0.4, -0.2) is 55.3 Å². The number of hydrogen-bond donors (Lipinski definition) is 2. The molecule has 1 aromatic rings. The third-order valence-corrected chi connectivity index (χ3v) is 3.73. The summed E-state index contributed by atoms with van der Waals surface area (Å²) in [4.78, 5) is 18.3. The second-order valence-corrected chi connectivity index (χ2v) is 7.16. The Morgan fingerprint density at radius 2 is 2.08 bits per heavy atom. The minimum Gasteiger partial charge on any atom is -0.469 e. The zero-order valence-corrected chi connectivity index (χ0v) is 15.7. The highest BCUT2D eigenvalue weighted by Crippen LogP contribution is 2.27. The van der Waals surface area contributed by atoms with Crippen LogP contribution in [0.5, 0.6) is 0 Å². The number of rotatable bonds is 7. The number of carbonyl (C=O) groups is 1. The number of ether oxygens (including phenoxy) is 1. The predicted molar refractivity (Wildman–Crippen MR) is 97.7 cm³/mol. The molecule has 0 saturated heterocycles. The Morgan fingerprint density at radius 3 is 2.64 bits per heavy atom. The Hall–Kier alpha value is -2.18. The lowest BCUT2D eigenvalue weighted by Gasteiger charge is -2.27. The number of carbonyl (C=O) groups excluding carboxylic acids is 1. The number of amides is 1. The fourth-order valence-electron chi connectivity index (χ4n) is 2.40. The van der Waals surface area contributed by atoms with Crippen LogP contribution in [-0.2, 0) is 11.2 Å². The number of aliphatic imine (C=N–C) groups is 1. The standard InChI is InChI=1S/C18H30N4O3/c1-18(2,3)25-17(23)22(14-7-8-14)12-11-21-16(19-4)20-10-9-15-6-5-13-24-15/h5-6,13-14H,7-12H2,1-4H3,(H2,19,20,21). The van der Waals surface area contributed by atoms with Gasteiger partial charge >= 0.3 is 6.09 Å². The zero-order valence-electron chi connectivity index (χ0n) is 15.7. The minimum atomic E-state index is -0.471. The van der Waals surface area contributed by atoms with Crippen molar-refractivity contribution in [1.82, 2.24) is 15.5 Å². The third kappa shape index (κ3) is 7.07. The van der Waals surface area contributed by atoms with E-state index in [1.807, 2.05) is 37.8 Å². The maximum Gasteiger partial charge on any atom is 0.410 e. The number of nitrogens with zero attached hydrogens (tertiary/aromatic N) is 2. The molecule has 7 nitrogen and oxygen atoms in total. The molecular formula is C18H30N4O3. The first-order valence-corrected chi connectivity index (χ1v) is 8.85. The monoisotopic (exact) mass is 350 g/mol. The molecular weight excluding hydrogens is 320 g/mol. The molecule has 7 heteroatoms. The summed E-state index contributed by atoms with van der Waals surface area (Å²) in [6, 6.07) is 4.14. The highest BCUT2D eigenvalue weighted by Gasteiger charge is 2.34. The van der Waals surface area contributed by atoms with Gasteiger partial charge in [-0.25, -0.2) is 4.79 Å². The summed E-state index contributed by atoms with van der Waals surface area (Å²) in [7, 11) is 1.73. The Morgan fingerprint density at radius 1 is 1.36 bits per heavy atom. The largest absolute Gasteiger partial charge is 0.469 e. The Bertz CT molecular complexity index is 559. The summed E-state index contributed by atoms with van der Waals surface area (Å²) < 4.78 is 10.8. The first kappa shape index (κ1) is 19.1. The molecule has 0 atom stereocenters. The van der Waals surface area contributed by atoms with Gasteiger partial charge in [0.05, 0.1) is 6.26 Å². The van der Waals surface area contributed by atoms with Crippen LogP contribution in [0.2, 0.25) is 0 Å². The molecule has 1 saturated carbocycles. The van der Waals surface area contributed by atoms with Crippen molar-refractivity contribution in [2.24, 2.45) is 4.99 Å². The molecule has 1 aliphatic carbocycles. The molecule has 1 amide bonds. The lowest BCUT2D eigenvalue weighted by molar-refractivity contribution is 0.0238. The van der Waals surface area contributed by atoms with Crippen molar-refractivity contribution in [2.75, 3.05) is 26.7 Å². The quantitative estimate of drug-likeness (QED) is 0.583. The van der Waals surface area contributed by atoms with Gasteiger partial charge in [-0.1, -0.05) is 0 Å². The molecule has 1 heterocycles. The average Bonchev–Trinajstić information content (AvgIpc) is 3.23. The first-order valence-electron chi connectivity index (χ1n) is 8.85. The van der Waals surface area contributed by atoms with E-state index in [1.165, 1.54) is 0 Å². The van der Waals surface area contributed by atoms with Gasteiger partial charge < -0.3 is 24.7 Å². The van der Waals surface area contributed by atoms with Crippen LogP contribution in [0.25, 0.3) is 0 Å². The van der Waals surface area contributed by atoms with Crippen LogP contribution < -0.4 is 10.6 Å². The SMILES string of the molecule is CN=C(NCCc1ccco1)NCCN(C(=O)OC(C)(C)C)C1CC1. The van der Waals surface area contributed by atoms with Crippen molar-refractivity contribution in [3.63, 3.8) is 0 Å². The van der Waals surface area contributed by atoms with Crippen LogP contribution in [0.1, 0.15) is 39.4 Å².